The molecule has 1 amide bonds. The van der Waals surface area contributed by atoms with Crippen molar-refractivity contribution in [2.24, 2.45) is 5.73 Å². The average molecular weight is 295 g/mol. The van der Waals surface area contributed by atoms with Crippen molar-refractivity contribution in [3.63, 3.8) is 0 Å². The maximum Gasteiger partial charge on any atom is 0.221 e. The molecule has 0 aliphatic carbocycles. The van der Waals surface area contributed by atoms with E-state index in [2.05, 4.69) is 46.3 Å². The predicted molar refractivity (Wildman–Crippen MR) is 90.7 cm³/mol. The smallest absolute Gasteiger partial charge is 0.221 e. The first-order chi connectivity index (χ1) is 10.8. The van der Waals surface area contributed by atoms with Gasteiger partial charge in [0.1, 0.15) is 0 Å². The van der Waals surface area contributed by atoms with Crippen LogP contribution >= 0.6 is 0 Å². The molecule has 0 saturated heterocycles. The monoisotopic (exact) mass is 295 g/mol. The molecule has 1 heterocycles. The zero-order valence-corrected chi connectivity index (χ0v) is 12.6. The number of carbonyl (C=O) groups excluding carboxylic acids is 1. The number of nitrogens with two attached hydrogens (primary N) is 1. The number of rotatable bonds is 6. The molecule has 4 nitrogen and oxygen atoms in total. The van der Waals surface area contributed by atoms with Gasteiger partial charge < -0.3 is 15.6 Å². The van der Waals surface area contributed by atoms with Gasteiger partial charge in [0.25, 0.3) is 0 Å². The molecular weight excluding hydrogens is 274 g/mol. The Morgan fingerprint density at radius 1 is 1.00 bits per heavy atom. The van der Waals surface area contributed by atoms with Crippen LogP contribution < -0.4 is 11.1 Å². The minimum absolute atomic E-state index is 0.0790. The van der Waals surface area contributed by atoms with Gasteiger partial charge in [0.15, 0.2) is 0 Å². The van der Waals surface area contributed by atoms with Gasteiger partial charge in [-0.15, -0.1) is 0 Å². The Bertz CT molecular complexity index is 738. The third-order valence-corrected chi connectivity index (χ3v) is 3.95. The number of aryl methyl sites for hydroxylation is 1. The highest BCUT2D eigenvalue weighted by atomic mass is 16.1. The van der Waals surface area contributed by atoms with E-state index in [1.165, 1.54) is 21.8 Å². The largest absolute Gasteiger partial charge is 0.356 e. The first-order valence-electron chi connectivity index (χ1n) is 7.74. The number of hydrogen-bond donors (Lipinski definition) is 2. The number of aromatic nitrogens is 1. The molecule has 3 rings (SSSR count). The third-order valence-electron chi connectivity index (χ3n) is 3.95. The number of carbonyl (C=O) groups is 1. The second-order valence-electron chi connectivity index (χ2n) is 5.43. The Balaban J connectivity index is 1.84. The summed E-state index contributed by atoms with van der Waals surface area (Å²) in [4.78, 5) is 11.9. The lowest BCUT2D eigenvalue weighted by Gasteiger charge is -2.08. The Hall–Kier alpha value is -2.33. The molecule has 0 unspecified atom stereocenters. The standard InChI is InChI=1S/C18H21N3O/c19-11-5-12-20-18(22)10-13-21-16-8-3-1-6-14(16)15-7-2-4-9-17(15)21/h1-4,6-9H,5,10-13,19H2,(H,20,22). The van der Waals surface area contributed by atoms with E-state index in [0.717, 1.165) is 6.42 Å². The quantitative estimate of drug-likeness (QED) is 0.687. The molecule has 2 aromatic carbocycles. The van der Waals surface area contributed by atoms with Crippen LogP contribution in [-0.4, -0.2) is 23.6 Å². The van der Waals surface area contributed by atoms with Crippen LogP contribution in [0.2, 0.25) is 0 Å². The number of nitrogens with zero attached hydrogens (tertiary/aromatic N) is 1. The second kappa shape index (κ2) is 6.62. The van der Waals surface area contributed by atoms with E-state index in [4.69, 9.17) is 5.73 Å². The van der Waals surface area contributed by atoms with E-state index < -0.39 is 0 Å². The van der Waals surface area contributed by atoms with Crippen LogP contribution in [0.1, 0.15) is 12.8 Å². The Kier molecular flexibility index (Phi) is 4.39. The Morgan fingerprint density at radius 2 is 1.59 bits per heavy atom. The van der Waals surface area contributed by atoms with E-state index in [1.807, 2.05) is 12.1 Å². The summed E-state index contributed by atoms with van der Waals surface area (Å²) in [5.74, 6) is 0.0790. The van der Waals surface area contributed by atoms with Gasteiger partial charge in [0, 0.05) is 41.3 Å². The van der Waals surface area contributed by atoms with Crippen LogP contribution in [0.15, 0.2) is 48.5 Å². The fraction of sp³-hybridized carbons (Fsp3) is 0.278. The molecule has 3 aromatic rings. The van der Waals surface area contributed by atoms with Crippen molar-refractivity contribution in [3.8, 4) is 0 Å². The summed E-state index contributed by atoms with van der Waals surface area (Å²) in [5.41, 5.74) is 7.79. The zero-order valence-electron chi connectivity index (χ0n) is 12.6. The molecule has 22 heavy (non-hydrogen) atoms. The molecule has 0 aliphatic heterocycles. The molecule has 0 spiro atoms. The third kappa shape index (κ3) is 2.83. The fourth-order valence-corrected chi connectivity index (χ4v) is 2.88. The van der Waals surface area contributed by atoms with Crippen LogP contribution in [0.5, 0.6) is 0 Å². The number of hydrogen-bond acceptors (Lipinski definition) is 2. The molecule has 0 atom stereocenters. The summed E-state index contributed by atoms with van der Waals surface area (Å²) in [6.45, 7) is 1.94. The molecule has 3 N–H and O–H groups in total. The fourth-order valence-electron chi connectivity index (χ4n) is 2.88. The highest BCUT2D eigenvalue weighted by Crippen LogP contribution is 2.28. The first kappa shape index (κ1) is 14.6. The topological polar surface area (TPSA) is 60.0 Å². The summed E-state index contributed by atoms with van der Waals surface area (Å²) in [6.07, 6.45) is 1.30. The molecular formula is C18H21N3O. The normalized spacial score (nSPS) is 11.1. The average Bonchev–Trinajstić information content (AvgIpc) is 2.87. The number of fused-ring (bicyclic) bond motifs is 3. The summed E-state index contributed by atoms with van der Waals surface area (Å²) in [7, 11) is 0. The predicted octanol–water partition coefficient (Wildman–Crippen LogP) is 2.65. The molecule has 0 bridgehead atoms. The molecule has 0 radical (unpaired) electrons. The Morgan fingerprint density at radius 3 is 2.18 bits per heavy atom. The maximum atomic E-state index is 11.9. The lowest BCUT2D eigenvalue weighted by molar-refractivity contribution is -0.121. The van der Waals surface area contributed by atoms with Crippen LogP contribution in [0, 0.1) is 0 Å². The maximum absolute atomic E-state index is 11.9. The number of para-hydroxylation sites is 2. The van der Waals surface area contributed by atoms with E-state index in [0.29, 0.717) is 26.1 Å². The molecule has 4 heteroatoms. The molecule has 0 saturated carbocycles. The molecule has 0 aliphatic rings. The summed E-state index contributed by atoms with van der Waals surface area (Å²) in [6, 6.07) is 16.7. The highest BCUT2D eigenvalue weighted by molar-refractivity contribution is 6.08. The van der Waals surface area contributed by atoms with Crippen LogP contribution in [-0.2, 0) is 11.3 Å². The van der Waals surface area contributed by atoms with Crippen LogP contribution in [0.25, 0.3) is 21.8 Å². The van der Waals surface area contributed by atoms with Gasteiger partial charge in [0.2, 0.25) is 5.91 Å². The van der Waals surface area contributed by atoms with Gasteiger partial charge in [0.05, 0.1) is 0 Å². The van der Waals surface area contributed by atoms with Crippen molar-refractivity contribution in [2.45, 2.75) is 19.4 Å². The lowest BCUT2D eigenvalue weighted by Crippen LogP contribution is -2.26. The minimum atomic E-state index is 0.0790. The van der Waals surface area contributed by atoms with Crippen molar-refractivity contribution in [1.29, 1.82) is 0 Å². The van der Waals surface area contributed by atoms with E-state index in [1.54, 1.807) is 0 Å². The first-order valence-corrected chi connectivity index (χ1v) is 7.74. The van der Waals surface area contributed by atoms with Gasteiger partial charge in [-0.3, -0.25) is 4.79 Å². The lowest BCUT2D eigenvalue weighted by atomic mass is 10.2. The van der Waals surface area contributed by atoms with Crippen LogP contribution in [0.3, 0.4) is 0 Å². The van der Waals surface area contributed by atoms with Gasteiger partial charge in [-0.25, -0.2) is 0 Å². The van der Waals surface area contributed by atoms with E-state index >= 15 is 0 Å². The molecule has 0 fully saturated rings. The second-order valence-corrected chi connectivity index (χ2v) is 5.43. The van der Waals surface area contributed by atoms with Crippen molar-refractivity contribution in [2.75, 3.05) is 13.1 Å². The van der Waals surface area contributed by atoms with Crippen LogP contribution in [0.4, 0.5) is 0 Å². The van der Waals surface area contributed by atoms with Crippen molar-refractivity contribution in [1.82, 2.24) is 9.88 Å². The summed E-state index contributed by atoms with van der Waals surface area (Å²) >= 11 is 0. The van der Waals surface area contributed by atoms with Crippen molar-refractivity contribution < 1.29 is 4.79 Å². The zero-order chi connectivity index (χ0) is 15.4. The van der Waals surface area contributed by atoms with Gasteiger partial charge in [-0.1, -0.05) is 36.4 Å². The number of benzene rings is 2. The van der Waals surface area contributed by atoms with Gasteiger partial charge >= 0.3 is 0 Å². The highest BCUT2D eigenvalue weighted by Gasteiger charge is 2.10. The van der Waals surface area contributed by atoms with Crippen molar-refractivity contribution in [3.05, 3.63) is 48.5 Å². The number of nitrogens with one attached hydrogen (secondary N) is 1. The molecule has 114 valence electrons. The van der Waals surface area contributed by atoms with E-state index in [9.17, 15) is 4.79 Å². The van der Waals surface area contributed by atoms with Crippen molar-refractivity contribution >= 4 is 27.7 Å². The Labute approximate surface area is 129 Å². The van der Waals surface area contributed by atoms with Gasteiger partial charge in [-0.2, -0.15) is 0 Å². The molecule has 1 aromatic heterocycles. The summed E-state index contributed by atoms with van der Waals surface area (Å²) < 4.78 is 2.23. The minimum Gasteiger partial charge on any atom is -0.356 e. The number of amides is 1. The van der Waals surface area contributed by atoms with Gasteiger partial charge in [-0.05, 0) is 25.1 Å². The van der Waals surface area contributed by atoms with E-state index in [-0.39, 0.29) is 5.91 Å². The SMILES string of the molecule is NCCCNC(=O)CCn1c2ccccc2c2ccccc21. The summed E-state index contributed by atoms with van der Waals surface area (Å²) in [5, 5.41) is 5.39.